The van der Waals surface area contributed by atoms with Gasteiger partial charge in [-0.3, -0.25) is 14.5 Å². The van der Waals surface area contributed by atoms with E-state index in [1.165, 1.54) is 4.90 Å². The molecule has 0 saturated heterocycles. The lowest BCUT2D eigenvalue weighted by molar-refractivity contribution is -0.135. The van der Waals surface area contributed by atoms with Crippen molar-refractivity contribution in [2.75, 3.05) is 11.4 Å². The van der Waals surface area contributed by atoms with E-state index in [-0.39, 0.29) is 18.7 Å². The Bertz CT molecular complexity index is 854. The molecule has 1 heterocycles. The van der Waals surface area contributed by atoms with Gasteiger partial charge in [-0.05, 0) is 30.3 Å². The lowest BCUT2D eigenvalue weighted by Gasteiger charge is -2.21. The van der Waals surface area contributed by atoms with E-state index in [9.17, 15) is 14.7 Å². The zero-order chi connectivity index (χ0) is 17.3. The molecule has 0 fully saturated rings. The maximum Gasteiger partial charge on any atom is 0.265 e. The van der Waals surface area contributed by atoms with Crippen LogP contribution >= 0.6 is 11.6 Å². The third-order valence-corrected chi connectivity index (χ3v) is 4.32. The molecule has 3 rings (SSSR count). The number of terminal acetylenes is 1. The van der Waals surface area contributed by atoms with Crippen LogP contribution in [0.2, 0.25) is 5.02 Å². The van der Waals surface area contributed by atoms with Gasteiger partial charge < -0.3 is 5.11 Å². The van der Waals surface area contributed by atoms with Crippen molar-refractivity contribution >= 4 is 29.0 Å². The lowest BCUT2D eigenvalue weighted by atomic mass is 9.88. The number of halogens is 1. The Balaban J connectivity index is 1.97. The Labute approximate surface area is 144 Å². The van der Waals surface area contributed by atoms with E-state index in [4.69, 9.17) is 18.0 Å². The van der Waals surface area contributed by atoms with Gasteiger partial charge in [0.15, 0.2) is 11.4 Å². The summed E-state index contributed by atoms with van der Waals surface area (Å²) in [6.45, 7) is 0.0350. The molecule has 1 atom stereocenters. The standard InChI is InChI=1S/C19H14ClNO3/c1-2-11-21-16-6-4-3-5-15(16)19(24,18(21)23)12-17(22)13-7-9-14(20)10-8-13/h1,3-10,24H,11-12H2/t19-/m1/s1. The van der Waals surface area contributed by atoms with Crippen LogP contribution in [0.5, 0.6) is 0 Å². The number of benzene rings is 2. The first-order chi connectivity index (χ1) is 11.5. The number of carbonyl (C=O) groups is 2. The van der Waals surface area contributed by atoms with Gasteiger partial charge in [-0.15, -0.1) is 6.42 Å². The largest absolute Gasteiger partial charge is 0.375 e. The van der Waals surface area contributed by atoms with Crippen molar-refractivity contribution in [3.8, 4) is 12.3 Å². The molecule has 0 aromatic heterocycles. The number of carbonyl (C=O) groups excluding carboxylic acids is 2. The third-order valence-electron chi connectivity index (χ3n) is 4.07. The van der Waals surface area contributed by atoms with Crippen LogP contribution in [0.25, 0.3) is 0 Å². The highest BCUT2D eigenvalue weighted by Gasteiger charge is 2.50. The molecule has 2 aromatic rings. The highest BCUT2D eigenvalue weighted by Crippen LogP contribution is 2.42. The molecule has 0 aliphatic carbocycles. The molecule has 0 bridgehead atoms. The van der Waals surface area contributed by atoms with Crippen molar-refractivity contribution in [1.29, 1.82) is 0 Å². The van der Waals surface area contributed by atoms with Gasteiger partial charge in [-0.1, -0.05) is 35.7 Å². The third kappa shape index (κ3) is 2.58. The van der Waals surface area contributed by atoms with Crippen molar-refractivity contribution in [2.45, 2.75) is 12.0 Å². The number of para-hydroxylation sites is 1. The van der Waals surface area contributed by atoms with E-state index in [2.05, 4.69) is 5.92 Å². The number of aliphatic hydroxyl groups is 1. The number of nitrogens with zero attached hydrogens (tertiary/aromatic N) is 1. The van der Waals surface area contributed by atoms with Crippen molar-refractivity contribution in [3.63, 3.8) is 0 Å². The van der Waals surface area contributed by atoms with Crippen LogP contribution in [0.3, 0.4) is 0 Å². The minimum absolute atomic E-state index is 0.0350. The Morgan fingerprint density at radius 1 is 1.21 bits per heavy atom. The normalized spacial score (nSPS) is 19.0. The van der Waals surface area contributed by atoms with Gasteiger partial charge in [-0.25, -0.2) is 0 Å². The van der Waals surface area contributed by atoms with Crippen LogP contribution in [0, 0.1) is 12.3 Å². The highest BCUT2D eigenvalue weighted by atomic mass is 35.5. The first kappa shape index (κ1) is 16.3. The van der Waals surface area contributed by atoms with Crippen molar-refractivity contribution < 1.29 is 14.7 Å². The maximum absolute atomic E-state index is 12.7. The summed E-state index contributed by atoms with van der Waals surface area (Å²) in [7, 11) is 0. The average Bonchev–Trinajstić information content (AvgIpc) is 2.78. The van der Waals surface area contributed by atoms with E-state index in [0.29, 0.717) is 21.8 Å². The van der Waals surface area contributed by atoms with Gasteiger partial charge >= 0.3 is 0 Å². The molecule has 120 valence electrons. The molecule has 0 saturated carbocycles. The summed E-state index contributed by atoms with van der Waals surface area (Å²) in [5, 5.41) is 11.5. The molecule has 0 unspecified atom stereocenters. The molecule has 5 heteroatoms. The van der Waals surface area contributed by atoms with Crippen molar-refractivity contribution in [1.82, 2.24) is 0 Å². The summed E-state index contributed by atoms with van der Waals surface area (Å²) in [4.78, 5) is 26.5. The first-order valence-electron chi connectivity index (χ1n) is 7.33. The van der Waals surface area contributed by atoms with Crippen LogP contribution in [-0.4, -0.2) is 23.3 Å². The van der Waals surface area contributed by atoms with E-state index < -0.39 is 11.5 Å². The molecule has 1 amide bonds. The fourth-order valence-electron chi connectivity index (χ4n) is 2.90. The Morgan fingerprint density at radius 3 is 2.54 bits per heavy atom. The van der Waals surface area contributed by atoms with Gasteiger partial charge in [0.05, 0.1) is 18.7 Å². The summed E-state index contributed by atoms with van der Waals surface area (Å²) < 4.78 is 0. The van der Waals surface area contributed by atoms with Crippen LogP contribution < -0.4 is 4.90 Å². The highest BCUT2D eigenvalue weighted by molar-refractivity contribution is 6.30. The fourth-order valence-corrected chi connectivity index (χ4v) is 3.02. The molecule has 0 spiro atoms. The molecule has 24 heavy (non-hydrogen) atoms. The Hall–Kier alpha value is -2.61. The monoisotopic (exact) mass is 339 g/mol. The molecule has 1 aliphatic rings. The van der Waals surface area contributed by atoms with Crippen LogP contribution in [0.4, 0.5) is 5.69 Å². The molecular weight excluding hydrogens is 326 g/mol. The first-order valence-corrected chi connectivity index (χ1v) is 7.71. The van der Waals surface area contributed by atoms with Gasteiger partial charge in [0.1, 0.15) is 0 Å². The molecule has 0 radical (unpaired) electrons. The second-order valence-electron chi connectivity index (χ2n) is 5.58. The minimum Gasteiger partial charge on any atom is -0.375 e. The lowest BCUT2D eigenvalue weighted by Crippen LogP contribution is -2.42. The van der Waals surface area contributed by atoms with Crippen LogP contribution in [0.15, 0.2) is 48.5 Å². The summed E-state index contributed by atoms with van der Waals surface area (Å²) >= 11 is 5.82. The number of fused-ring (bicyclic) bond motifs is 1. The Kier molecular flexibility index (Phi) is 4.15. The van der Waals surface area contributed by atoms with E-state index in [1.807, 2.05) is 0 Å². The maximum atomic E-state index is 12.7. The minimum atomic E-state index is -1.91. The zero-order valence-corrected chi connectivity index (χ0v) is 13.5. The van der Waals surface area contributed by atoms with Gasteiger partial charge in [-0.2, -0.15) is 0 Å². The predicted molar refractivity (Wildman–Crippen MR) is 91.9 cm³/mol. The number of rotatable bonds is 4. The summed E-state index contributed by atoms with van der Waals surface area (Å²) in [6.07, 6.45) is 4.96. The molecule has 1 N–H and O–H groups in total. The van der Waals surface area contributed by atoms with Crippen LogP contribution in [0.1, 0.15) is 22.3 Å². The van der Waals surface area contributed by atoms with Gasteiger partial charge in [0.2, 0.25) is 0 Å². The second-order valence-corrected chi connectivity index (χ2v) is 6.02. The van der Waals surface area contributed by atoms with E-state index in [1.54, 1.807) is 48.5 Å². The number of anilines is 1. The fraction of sp³-hybridized carbons (Fsp3) is 0.158. The predicted octanol–water partition coefficient (Wildman–Crippen LogP) is 2.78. The topological polar surface area (TPSA) is 57.6 Å². The number of amides is 1. The molecule has 4 nitrogen and oxygen atoms in total. The summed E-state index contributed by atoms with van der Waals surface area (Å²) in [6, 6.07) is 13.1. The van der Waals surface area contributed by atoms with Crippen molar-refractivity contribution in [2.24, 2.45) is 0 Å². The van der Waals surface area contributed by atoms with Gasteiger partial charge in [0, 0.05) is 16.1 Å². The van der Waals surface area contributed by atoms with E-state index in [0.717, 1.165) is 0 Å². The molecular formula is C19H14ClNO3. The zero-order valence-electron chi connectivity index (χ0n) is 12.7. The number of hydrogen-bond donors (Lipinski definition) is 1. The summed E-state index contributed by atoms with van der Waals surface area (Å²) in [5.74, 6) is 1.48. The number of hydrogen-bond acceptors (Lipinski definition) is 3. The Morgan fingerprint density at radius 2 is 1.88 bits per heavy atom. The smallest absolute Gasteiger partial charge is 0.265 e. The second kappa shape index (κ2) is 6.12. The quantitative estimate of drug-likeness (QED) is 0.688. The van der Waals surface area contributed by atoms with Gasteiger partial charge in [0.25, 0.3) is 5.91 Å². The average molecular weight is 340 g/mol. The number of Topliss-reactive ketones (excluding diaryl/α,β-unsaturated/α-hetero) is 1. The summed E-state index contributed by atoms with van der Waals surface area (Å²) in [5.41, 5.74) is -0.600. The number of ketones is 1. The molecule has 2 aromatic carbocycles. The van der Waals surface area contributed by atoms with Crippen molar-refractivity contribution in [3.05, 3.63) is 64.7 Å². The molecule has 1 aliphatic heterocycles. The van der Waals surface area contributed by atoms with Crippen LogP contribution in [-0.2, 0) is 10.4 Å². The van der Waals surface area contributed by atoms with E-state index >= 15 is 0 Å². The SMILES string of the molecule is C#CCN1C(=O)[C@@](O)(CC(=O)c2ccc(Cl)cc2)c2ccccc21.